The Kier molecular flexibility index (Phi) is 7.78. The van der Waals surface area contributed by atoms with Crippen molar-refractivity contribution in [3.63, 3.8) is 0 Å². The second-order valence-electron chi connectivity index (χ2n) is 9.00. The van der Waals surface area contributed by atoms with Crippen molar-refractivity contribution in [2.75, 3.05) is 26.3 Å². The van der Waals surface area contributed by atoms with Gasteiger partial charge < -0.3 is 24.3 Å². The van der Waals surface area contributed by atoms with Gasteiger partial charge in [0.1, 0.15) is 36.1 Å². The van der Waals surface area contributed by atoms with Crippen molar-refractivity contribution in [3.05, 3.63) is 76.8 Å². The first kappa shape index (κ1) is 24.5. The van der Waals surface area contributed by atoms with Gasteiger partial charge in [-0.3, -0.25) is 4.90 Å². The molecule has 0 radical (unpaired) electrons. The van der Waals surface area contributed by atoms with Gasteiger partial charge in [-0.15, -0.1) is 0 Å². The van der Waals surface area contributed by atoms with E-state index in [0.29, 0.717) is 43.4 Å². The number of rotatable bonds is 9. The van der Waals surface area contributed by atoms with Gasteiger partial charge in [0.05, 0.1) is 17.7 Å². The van der Waals surface area contributed by atoms with Crippen LogP contribution in [0.15, 0.2) is 54.9 Å². The number of hydrogen-bond donors (Lipinski definition) is 2. The van der Waals surface area contributed by atoms with Gasteiger partial charge >= 0.3 is 0 Å². The Morgan fingerprint density at radius 3 is 2.82 bits per heavy atom. The number of nitrogens with zero attached hydrogens (tertiary/aromatic N) is 3. The fraction of sp³-hybridized carbons (Fsp3) is 0.423. The minimum atomic E-state index is -1.39. The monoisotopic (exact) mass is 485 g/mol. The van der Waals surface area contributed by atoms with Crippen LogP contribution in [0.1, 0.15) is 23.4 Å². The summed E-state index contributed by atoms with van der Waals surface area (Å²) in [5.41, 5.74) is 0.708. The van der Waals surface area contributed by atoms with Crippen LogP contribution in [0.4, 0.5) is 0 Å². The first-order valence-electron chi connectivity index (χ1n) is 11.5. The topological polar surface area (TPSA) is 80.0 Å². The number of benzene rings is 2. The number of ether oxygens (including phenoxy) is 2. The van der Waals surface area contributed by atoms with E-state index in [0.717, 1.165) is 29.2 Å². The summed E-state index contributed by atoms with van der Waals surface area (Å²) < 4.78 is 13.8. The molecule has 34 heavy (non-hydrogen) atoms. The molecule has 4 rings (SSSR count). The number of β-amino-alcohol motifs (C(OH)–C–C–N with tert-alkyl or cyclic N) is 1. The van der Waals surface area contributed by atoms with E-state index in [2.05, 4.69) is 14.5 Å². The summed E-state index contributed by atoms with van der Waals surface area (Å²) in [6.45, 7) is 6.78. The maximum Gasteiger partial charge on any atom is 0.138 e. The molecule has 1 saturated heterocycles. The highest BCUT2D eigenvalue weighted by atomic mass is 35.5. The molecule has 1 aromatic heterocycles. The number of aryl methyl sites for hydroxylation is 2. The van der Waals surface area contributed by atoms with Gasteiger partial charge in [-0.2, -0.15) is 0 Å². The lowest BCUT2D eigenvalue weighted by atomic mass is 9.90. The predicted octanol–water partition coefficient (Wildman–Crippen LogP) is 3.61. The molecule has 0 spiro atoms. The summed E-state index contributed by atoms with van der Waals surface area (Å²) in [6, 6.07) is 13.5. The molecule has 2 heterocycles. The summed E-state index contributed by atoms with van der Waals surface area (Å²) in [4.78, 5) is 6.35. The van der Waals surface area contributed by atoms with Crippen LogP contribution in [0.2, 0.25) is 5.02 Å². The minimum Gasteiger partial charge on any atom is -0.492 e. The lowest BCUT2D eigenvalue weighted by molar-refractivity contribution is -0.140. The van der Waals surface area contributed by atoms with Gasteiger partial charge in [-0.05, 0) is 55.7 Å². The van der Waals surface area contributed by atoms with Crippen LogP contribution in [-0.2, 0) is 13.1 Å². The third kappa shape index (κ3) is 6.10. The van der Waals surface area contributed by atoms with E-state index in [1.165, 1.54) is 0 Å². The molecule has 0 aliphatic carbocycles. The number of aliphatic hydroxyl groups is 2. The minimum absolute atomic E-state index is 0.0370. The fourth-order valence-electron chi connectivity index (χ4n) is 4.24. The molecule has 7 nitrogen and oxygen atoms in total. The van der Waals surface area contributed by atoms with E-state index in [9.17, 15) is 10.2 Å². The van der Waals surface area contributed by atoms with E-state index < -0.39 is 11.7 Å². The smallest absolute Gasteiger partial charge is 0.138 e. The number of imidazole rings is 1. The number of aliphatic hydroxyl groups excluding tert-OH is 1. The highest BCUT2D eigenvalue weighted by Gasteiger charge is 2.42. The van der Waals surface area contributed by atoms with Crippen LogP contribution in [-0.4, -0.2) is 62.7 Å². The Balaban J connectivity index is 1.34. The van der Waals surface area contributed by atoms with Gasteiger partial charge in [0.2, 0.25) is 0 Å². The zero-order chi connectivity index (χ0) is 24.1. The molecular formula is C26H32ClN3O4. The van der Waals surface area contributed by atoms with Crippen molar-refractivity contribution in [2.24, 2.45) is 0 Å². The number of halogens is 1. The Hall–Kier alpha value is -2.58. The molecule has 1 aliphatic heterocycles. The van der Waals surface area contributed by atoms with E-state index in [4.69, 9.17) is 21.1 Å². The Morgan fingerprint density at radius 1 is 1.18 bits per heavy atom. The molecule has 0 amide bonds. The van der Waals surface area contributed by atoms with Gasteiger partial charge in [0.15, 0.2) is 0 Å². The average molecular weight is 486 g/mol. The maximum atomic E-state index is 11.2. The van der Waals surface area contributed by atoms with Gasteiger partial charge in [0.25, 0.3) is 0 Å². The van der Waals surface area contributed by atoms with Crippen molar-refractivity contribution < 1.29 is 19.7 Å². The zero-order valence-corrected chi connectivity index (χ0v) is 20.4. The third-order valence-corrected chi connectivity index (χ3v) is 6.54. The predicted molar refractivity (Wildman–Crippen MR) is 131 cm³/mol. The van der Waals surface area contributed by atoms with Crippen LogP contribution in [0.25, 0.3) is 0 Å². The number of likely N-dealkylation sites (tertiary alicyclic amines) is 1. The number of aromatic nitrogens is 2. The molecule has 1 fully saturated rings. The van der Waals surface area contributed by atoms with E-state index >= 15 is 0 Å². The average Bonchev–Trinajstić information content (AvgIpc) is 3.22. The summed E-state index contributed by atoms with van der Waals surface area (Å²) in [5, 5.41) is 22.2. The lowest BCUT2D eigenvalue weighted by Gasteiger charge is -2.42. The van der Waals surface area contributed by atoms with E-state index in [-0.39, 0.29) is 6.61 Å². The summed E-state index contributed by atoms with van der Waals surface area (Å²) in [7, 11) is 0. The normalized spacial score (nSPS) is 20.9. The molecule has 0 bridgehead atoms. The Labute approximate surface area is 205 Å². The van der Waals surface area contributed by atoms with Crippen LogP contribution in [0.5, 0.6) is 11.5 Å². The quantitative estimate of drug-likeness (QED) is 0.482. The highest BCUT2D eigenvalue weighted by Crippen LogP contribution is 2.29. The molecule has 2 atom stereocenters. The Bertz CT molecular complexity index is 1110. The van der Waals surface area contributed by atoms with Crippen LogP contribution < -0.4 is 9.47 Å². The Morgan fingerprint density at radius 2 is 2.03 bits per heavy atom. The SMILES string of the molecule is Cc1ccc(Cl)c(OC[C@@]2(O)CN(Cc3cccc(OCCn4ccnc4C)c3)CC[C@@H]2O)c1. The third-order valence-electron chi connectivity index (χ3n) is 6.23. The second kappa shape index (κ2) is 10.8. The molecular weight excluding hydrogens is 454 g/mol. The molecule has 1 aliphatic rings. The van der Waals surface area contributed by atoms with Crippen molar-refractivity contribution >= 4 is 11.6 Å². The van der Waals surface area contributed by atoms with E-state index in [1.807, 2.05) is 56.4 Å². The summed E-state index contributed by atoms with van der Waals surface area (Å²) in [5.74, 6) is 2.28. The fourth-order valence-corrected chi connectivity index (χ4v) is 4.41. The van der Waals surface area contributed by atoms with Gasteiger partial charge in [-0.1, -0.05) is 29.8 Å². The number of piperidine rings is 1. The number of hydrogen-bond acceptors (Lipinski definition) is 6. The van der Waals surface area contributed by atoms with Crippen molar-refractivity contribution in [2.45, 2.75) is 45.1 Å². The van der Waals surface area contributed by atoms with Crippen LogP contribution in [0.3, 0.4) is 0 Å². The molecule has 3 aromatic rings. The van der Waals surface area contributed by atoms with Gasteiger partial charge in [-0.25, -0.2) is 4.98 Å². The van der Waals surface area contributed by atoms with Crippen LogP contribution >= 0.6 is 11.6 Å². The largest absolute Gasteiger partial charge is 0.492 e. The lowest BCUT2D eigenvalue weighted by Crippen LogP contribution is -2.59. The molecule has 8 heteroatoms. The first-order valence-corrected chi connectivity index (χ1v) is 11.9. The molecule has 2 N–H and O–H groups in total. The molecule has 0 unspecified atom stereocenters. The maximum absolute atomic E-state index is 11.2. The van der Waals surface area contributed by atoms with Crippen molar-refractivity contribution in [1.82, 2.24) is 14.5 Å². The molecule has 2 aromatic carbocycles. The standard InChI is InChI=1S/C26H32ClN3O4/c1-19-6-7-23(27)24(14-19)34-18-26(32)17-29(10-8-25(26)31)16-21-4-3-5-22(15-21)33-13-12-30-11-9-28-20(30)2/h3-7,9,11,14-15,25,31-32H,8,10,12-13,16-18H2,1-2H3/t25-,26-/m0/s1. The zero-order valence-electron chi connectivity index (χ0n) is 19.7. The first-order chi connectivity index (χ1) is 16.3. The van der Waals surface area contributed by atoms with E-state index in [1.54, 1.807) is 12.3 Å². The van der Waals surface area contributed by atoms with Crippen molar-refractivity contribution in [1.29, 1.82) is 0 Å². The second-order valence-corrected chi connectivity index (χ2v) is 9.41. The van der Waals surface area contributed by atoms with Crippen molar-refractivity contribution in [3.8, 4) is 11.5 Å². The summed E-state index contributed by atoms with van der Waals surface area (Å²) in [6.07, 6.45) is 3.32. The van der Waals surface area contributed by atoms with Gasteiger partial charge in [0, 0.05) is 32.0 Å². The highest BCUT2D eigenvalue weighted by molar-refractivity contribution is 6.32. The van der Waals surface area contributed by atoms with Crippen LogP contribution in [0, 0.1) is 13.8 Å². The summed E-state index contributed by atoms with van der Waals surface area (Å²) >= 11 is 6.22. The molecule has 0 saturated carbocycles. The molecule has 182 valence electrons.